The minimum Gasteiger partial charge on any atom is -0.381 e. The van der Waals surface area contributed by atoms with Crippen LogP contribution >= 0.6 is 0 Å². The van der Waals surface area contributed by atoms with Crippen molar-refractivity contribution in [3.8, 4) is 0 Å². The zero-order chi connectivity index (χ0) is 23.2. The quantitative estimate of drug-likeness (QED) is 0.576. The summed E-state index contributed by atoms with van der Waals surface area (Å²) < 4.78 is 55.5. The summed E-state index contributed by atoms with van der Waals surface area (Å²) in [6, 6.07) is 10.4. The van der Waals surface area contributed by atoms with Crippen LogP contribution in [0.3, 0.4) is 0 Å². The zero-order valence-electron chi connectivity index (χ0n) is 17.2. The van der Waals surface area contributed by atoms with Crippen molar-refractivity contribution >= 4 is 39.1 Å². The number of alkyl halides is 2. The minimum atomic E-state index is -3.13. The SMILES string of the molecule is C=C(C)C(=O)N(Cc1ccc2cc(F)c(N)nc2c1)c1cccc2c1S(=O)CCC2(F)F. The molecule has 1 unspecified atom stereocenters. The number of hydrogen-bond acceptors (Lipinski definition) is 4. The topological polar surface area (TPSA) is 76.3 Å². The van der Waals surface area contributed by atoms with E-state index in [0.29, 0.717) is 16.5 Å². The van der Waals surface area contributed by atoms with Crippen molar-refractivity contribution in [3.05, 3.63) is 71.6 Å². The second-order valence-corrected chi connectivity index (χ2v) is 9.22. The van der Waals surface area contributed by atoms with Gasteiger partial charge < -0.3 is 10.6 Å². The van der Waals surface area contributed by atoms with Crippen LogP contribution in [0.5, 0.6) is 0 Å². The first-order chi connectivity index (χ1) is 15.1. The Morgan fingerprint density at radius 3 is 2.75 bits per heavy atom. The molecule has 1 aliphatic heterocycles. The number of benzene rings is 2. The van der Waals surface area contributed by atoms with E-state index in [0.717, 1.165) is 0 Å². The van der Waals surface area contributed by atoms with Gasteiger partial charge in [0.1, 0.15) is 0 Å². The average molecular weight is 459 g/mol. The van der Waals surface area contributed by atoms with Gasteiger partial charge in [-0.2, -0.15) is 0 Å². The molecule has 0 fully saturated rings. The third-order valence-electron chi connectivity index (χ3n) is 5.32. The minimum absolute atomic E-state index is 0.0141. The number of halogens is 3. The summed E-state index contributed by atoms with van der Waals surface area (Å²) in [5, 5.41) is 0.524. The van der Waals surface area contributed by atoms with E-state index in [2.05, 4.69) is 11.6 Å². The standard InChI is InChI=1S/C23H20F3N3O2S/c1-13(2)22(30)29(12-14-6-7-15-11-17(24)21(27)28-18(15)10-14)19-5-3-4-16-20(19)32(31)9-8-23(16,25)26/h3-7,10-11H,1,8-9,12H2,2H3,(H2,27,28). The molecule has 0 spiro atoms. The summed E-state index contributed by atoms with van der Waals surface area (Å²) in [6.45, 7) is 5.19. The lowest BCUT2D eigenvalue weighted by Crippen LogP contribution is -2.34. The van der Waals surface area contributed by atoms with Crippen LogP contribution in [0.25, 0.3) is 10.9 Å². The lowest BCUT2D eigenvalue weighted by atomic mass is 10.0. The number of amides is 1. The number of nitrogens with zero attached hydrogens (tertiary/aromatic N) is 2. The lowest BCUT2D eigenvalue weighted by molar-refractivity contribution is -0.115. The van der Waals surface area contributed by atoms with Gasteiger partial charge in [-0.05, 0) is 30.7 Å². The molecule has 4 rings (SSSR count). The van der Waals surface area contributed by atoms with Crippen molar-refractivity contribution in [1.82, 2.24) is 4.98 Å². The second kappa shape index (κ2) is 8.05. The molecule has 9 heteroatoms. The van der Waals surface area contributed by atoms with Crippen molar-refractivity contribution in [3.63, 3.8) is 0 Å². The Kier molecular flexibility index (Phi) is 5.54. The molecule has 1 aliphatic rings. The molecule has 0 bridgehead atoms. The third-order valence-corrected chi connectivity index (χ3v) is 6.78. The molecule has 1 aromatic heterocycles. The number of rotatable bonds is 4. The van der Waals surface area contributed by atoms with Crippen LogP contribution in [0, 0.1) is 5.82 Å². The van der Waals surface area contributed by atoms with E-state index in [-0.39, 0.29) is 39.8 Å². The lowest BCUT2D eigenvalue weighted by Gasteiger charge is -2.31. The first-order valence-corrected chi connectivity index (χ1v) is 11.1. The fraction of sp³-hybridized carbons (Fsp3) is 0.217. The number of pyridine rings is 1. The number of carbonyl (C=O) groups is 1. The molecule has 0 aliphatic carbocycles. The molecule has 0 radical (unpaired) electrons. The van der Waals surface area contributed by atoms with Gasteiger partial charge in [-0.1, -0.05) is 30.8 Å². The van der Waals surface area contributed by atoms with E-state index >= 15 is 0 Å². The molecule has 0 saturated carbocycles. The molecule has 166 valence electrons. The number of nitrogens with two attached hydrogens (primary N) is 1. The van der Waals surface area contributed by atoms with Gasteiger partial charge >= 0.3 is 0 Å². The molecule has 1 atom stereocenters. The van der Waals surface area contributed by atoms with Gasteiger partial charge in [0.2, 0.25) is 0 Å². The second-order valence-electron chi connectivity index (χ2n) is 7.71. The van der Waals surface area contributed by atoms with E-state index in [1.165, 1.54) is 36.1 Å². The van der Waals surface area contributed by atoms with Crippen LogP contribution in [0.2, 0.25) is 0 Å². The highest BCUT2D eigenvalue weighted by atomic mass is 32.2. The maximum absolute atomic E-state index is 14.5. The molecule has 32 heavy (non-hydrogen) atoms. The number of nitrogen functional groups attached to an aromatic ring is 1. The molecule has 2 N–H and O–H groups in total. The highest BCUT2D eigenvalue weighted by molar-refractivity contribution is 7.85. The van der Waals surface area contributed by atoms with Crippen LogP contribution < -0.4 is 10.6 Å². The van der Waals surface area contributed by atoms with Gasteiger partial charge in [-0.3, -0.25) is 9.00 Å². The van der Waals surface area contributed by atoms with E-state index in [9.17, 15) is 22.2 Å². The van der Waals surface area contributed by atoms with E-state index < -0.39 is 34.9 Å². The predicted octanol–water partition coefficient (Wildman–Crippen LogP) is 4.67. The smallest absolute Gasteiger partial charge is 0.275 e. The summed E-state index contributed by atoms with van der Waals surface area (Å²) in [4.78, 5) is 18.3. The Morgan fingerprint density at radius 2 is 2.03 bits per heavy atom. The van der Waals surface area contributed by atoms with Gasteiger partial charge in [-0.15, -0.1) is 0 Å². The van der Waals surface area contributed by atoms with Gasteiger partial charge in [0, 0.05) is 28.7 Å². The summed E-state index contributed by atoms with van der Waals surface area (Å²) >= 11 is 0. The Hall–Kier alpha value is -3.20. The van der Waals surface area contributed by atoms with Crippen LogP contribution in [0.4, 0.5) is 24.7 Å². The van der Waals surface area contributed by atoms with Crippen LogP contribution in [-0.4, -0.2) is 20.9 Å². The molecular weight excluding hydrogens is 439 g/mol. The van der Waals surface area contributed by atoms with Crippen molar-refractivity contribution < 1.29 is 22.2 Å². The summed E-state index contributed by atoms with van der Waals surface area (Å²) in [7, 11) is -1.68. The number of hydrogen-bond donors (Lipinski definition) is 1. The van der Waals surface area contributed by atoms with Gasteiger partial charge in [0.15, 0.2) is 11.6 Å². The Balaban J connectivity index is 1.83. The van der Waals surface area contributed by atoms with E-state index in [1.54, 1.807) is 18.2 Å². The highest BCUT2D eigenvalue weighted by Crippen LogP contribution is 2.44. The van der Waals surface area contributed by atoms with Gasteiger partial charge in [0.05, 0.1) is 33.4 Å². The fourth-order valence-corrected chi connectivity index (χ4v) is 5.22. The number of fused-ring (bicyclic) bond motifs is 2. The summed E-state index contributed by atoms with van der Waals surface area (Å²) in [5.74, 6) is -4.71. The molecule has 2 heterocycles. The summed E-state index contributed by atoms with van der Waals surface area (Å²) in [6.07, 6.45) is -0.515. The first-order valence-electron chi connectivity index (χ1n) is 9.80. The Labute approximate surface area is 185 Å². The monoisotopic (exact) mass is 459 g/mol. The molecule has 0 saturated heterocycles. The van der Waals surface area contributed by atoms with E-state index in [1.807, 2.05) is 0 Å². The molecule has 2 aromatic carbocycles. The maximum atomic E-state index is 14.5. The molecule has 1 amide bonds. The maximum Gasteiger partial charge on any atom is 0.275 e. The number of carbonyl (C=O) groups excluding carboxylic acids is 1. The van der Waals surface area contributed by atoms with Crippen molar-refractivity contribution in [2.45, 2.75) is 30.7 Å². The average Bonchev–Trinajstić information content (AvgIpc) is 2.75. The Bertz CT molecular complexity index is 1290. The zero-order valence-corrected chi connectivity index (χ0v) is 18.0. The van der Waals surface area contributed by atoms with Crippen molar-refractivity contribution in [1.29, 1.82) is 0 Å². The number of anilines is 2. The van der Waals surface area contributed by atoms with Crippen LogP contribution in [0.15, 0.2) is 59.5 Å². The largest absolute Gasteiger partial charge is 0.381 e. The number of aromatic nitrogens is 1. The van der Waals surface area contributed by atoms with Crippen molar-refractivity contribution in [2.75, 3.05) is 16.4 Å². The predicted molar refractivity (Wildman–Crippen MR) is 118 cm³/mol. The van der Waals surface area contributed by atoms with E-state index in [4.69, 9.17) is 5.73 Å². The molecular formula is C23H20F3N3O2S. The van der Waals surface area contributed by atoms with Crippen LogP contribution in [-0.2, 0) is 28.1 Å². The first kappa shape index (κ1) is 22.0. The highest BCUT2D eigenvalue weighted by Gasteiger charge is 2.41. The van der Waals surface area contributed by atoms with Crippen molar-refractivity contribution in [2.24, 2.45) is 0 Å². The Morgan fingerprint density at radius 1 is 1.28 bits per heavy atom. The molecule has 3 aromatic rings. The normalized spacial score (nSPS) is 17.1. The fourth-order valence-electron chi connectivity index (χ4n) is 3.70. The summed E-state index contributed by atoms with van der Waals surface area (Å²) in [5.41, 5.74) is 6.62. The third kappa shape index (κ3) is 3.88. The molecule has 5 nitrogen and oxygen atoms in total. The van der Waals surface area contributed by atoms with Gasteiger partial charge in [-0.25, -0.2) is 18.2 Å². The van der Waals surface area contributed by atoms with Gasteiger partial charge in [0.25, 0.3) is 11.8 Å². The van der Waals surface area contributed by atoms with Crippen LogP contribution in [0.1, 0.15) is 24.5 Å².